The molecular weight excluding hydrogens is 566 g/mol. The van der Waals surface area contributed by atoms with Crippen LogP contribution in [-0.4, -0.2) is 23.0 Å². The van der Waals surface area contributed by atoms with E-state index in [1.165, 1.54) is 22.5 Å². The lowest BCUT2D eigenvalue weighted by Crippen LogP contribution is -2.57. The molecular formula is C26H23Br2NO3S. The quantitative estimate of drug-likeness (QED) is 0.329. The first-order valence-corrected chi connectivity index (χ1v) is 13.4. The van der Waals surface area contributed by atoms with E-state index >= 15 is 0 Å². The Labute approximate surface area is 213 Å². The van der Waals surface area contributed by atoms with Crippen molar-refractivity contribution in [1.82, 2.24) is 5.32 Å². The van der Waals surface area contributed by atoms with Crippen LogP contribution in [0.4, 0.5) is 0 Å². The fraction of sp³-hybridized carbons (Fsp3) is 0.308. The minimum absolute atomic E-state index is 0.0614. The van der Waals surface area contributed by atoms with Crippen LogP contribution in [0.5, 0.6) is 0 Å². The topological polar surface area (TPSA) is 66.4 Å². The zero-order chi connectivity index (χ0) is 23.2. The zero-order valence-electron chi connectivity index (χ0n) is 17.8. The van der Waals surface area contributed by atoms with E-state index in [0.717, 1.165) is 44.4 Å². The average molecular weight is 589 g/mol. The fourth-order valence-electron chi connectivity index (χ4n) is 5.28. The normalized spacial score (nSPS) is 23.6. The first kappa shape index (κ1) is 22.8. The summed E-state index contributed by atoms with van der Waals surface area (Å²) in [4.78, 5) is 24.3. The molecule has 1 spiro atoms. The molecule has 2 fully saturated rings. The number of thiophene rings is 1. The molecule has 2 aromatic carbocycles. The molecule has 5 rings (SSSR count). The maximum absolute atomic E-state index is 13.2. The highest BCUT2D eigenvalue weighted by atomic mass is 79.9. The summed E-state index contributed by atoms with van der Waals surface area (Å²) in [6, 6.07) is 18.9. The van der Waals surface area contributed by atoms with Gasteiger partial charge in [0.05, 0.1) is 19.1 Å². The maximum Gasteiger partial charge on any atom is 0.306 e. The van der Waals surface area contributed by atoms with Gasteiger partial charge in [0, 0.05) is 12.5 Å². The number of carboxylic acid groups (broad SMARTS) is 1. The van der Waals surface area contributed by atoms with Gasteiger partial charge in [-0.3, -0.25) is 9.59 Å². The van der Waals surface area contributed by atoms with Gasteiger partial charge in [-0.05, 0) is 85.2 Å². The van der Waals surface area contributed by atoms with Crippen molar-refractivity contribution in [3.8, 4) is 11.1 Å². The number of halogens is 2. The van der Waals surface area contributed by atoms with Crippen LogP contribution in [0.1, 0.15) is 47.2 Å². The monoisotopic (exact) mass is 587 g/mol. The lowest BCUT2D eigenvalue weighted by atomic mass is 9.50. The second kappa shape index (κ2) is 9.01. The van der Waals surface area contributed by atoms with E-state index in [0.29, 0.717) is 12.0 Å². The summed E-state index contributed by atoms with van der Waals surface area (Å²) < 4.78 is 1.78. The third kappa shape index (κ3) is 4.55. The van der Waals surface area contributed by atoms with Crippen LogP contribution in [0.2, 0.25) is 0 Å². The van der Waals surface area contributed by atoms with Crippen molar-refractivity contribution < 1.29 is 14.7 Å². The van der Waals surface area contributed by atoms with E-state index in [4.69, 9.17) is 5.11 Å². The molecule has 0 bridgehead atoms. The van der Waals surface area contributed by atoms with Gasteiger partial charge in [-0.15, -0.1) is 11.3 Å². The highest BCUT2D eigenvalue weighted by Gasteiger charge is 2.55. The van der Waals surface area contributed by atoms with E-state index in [9.17, 15) is 9.59 Å². The lowest BCUT2D eigenvalue weighted by Gasteiger charge is -2.56. The summed E-state index contributed by atoms with van der Waals surface area (Å²) in [6.45, 7) is 0. The van der Waals surface area contributed by atoms with Crippen LogP contribution in [0.15, 0.2) is 62.2 Å². The smallest absolute Gasteiger partial charge is 0.306 e. The summed E-state index contributed by atoms with van der Waals surface area (Å²) in [5, 5.41) is 12.3. The highest BCUT2D eigenvalue weighted by molar-refractivity contribution is 9.12. The summed E-state index contributed by atoms with van der Waals surface area (Å²) in [5.41, 5.74) is 5.31. The van der Waals surface area contributed by atoms with Gasteiger partial charge in [0.15, 0.2) is 0 Å². The summed E-state index contributed by atoms with van der Waals surface area (Å²) in [6.07, 6.45) is 3.90. The summed E-state index contributed by atoms with van der Waals surface area (Å²) >= 11 is 8.76. The molecule has 3 aromatic rings. The third-order valence-electron chi connectivity index (χ3n) is 6.99. The molecule has 0 atom stereocenters. The molecule has 7 heteroatoms. The summed E-state index contributed by atoms with van der Waals surface area (Å²) in [5.74, 6) is -0.959. The Morgan fingerprint density at radius 2 is 1.58 bits per heavy atom. The Balaban J connectivity index is 1.26. The van der Waals surface area contributed by atoms with Gasteiger partial charge in [0.25, 0.3) is 5.91 Å². The Morgan fingerprint density at radius 1 is 0.939 bits per heavy atom. The number of nitrogens with one attached hydrogen (secondary N) is 1. The predicted octanol–water partition coefficient (Wildman–Crippen LogP) is 6.90. The molecule has 2 saturated carbocycles. The van der Waals surface area contributed by atoms with E-state index in [1.807, 2.05) is 18.2 Å². The fourth-order valence-corrected chi connectivity index (χ4v) is 8.43. The molecule has 0 radical (unpaired) electrons. The Bertz CT molecular complexity index is 1190. The van der Waals surface area contributed by atoms with Gasteiger partial charge in [-0.2, -0.15) is 0 Å². The second-order valence-electron chi connectivity index (χ2n) is 9.26. The van der Waals surface area contributed by atoms with Crippen molar-refractivity contribution in [2.75, 3.05) is 0 Å². The molecule has 2 N–H and O–H groups in total. The first-order chi connectivity index (χ1) is 15.8. The molecule has 2 aliphatic carbocycles. The number of hydrogen-bond donors (Lipinski definition) is 2. The molecule has 1 heterocycles. The average Bonchev–Trinajstić information content (AvgIpc) is 3.02. The van der Waals surface area contributed by atoms with Crippen molar-refractivity contribution in [1.29, 1.82) is 0 Å². The van der Waals surface area contributed by atoms with E-state index in [-0.39, 0.29) is 23.3 Å². The van der Waals surface area contributed by atoms with Crippen LogP contribution >= 0.6 is 43.2 Å². The Morgan fingerprint density at radius 3 is 2.21 bits per heavy atom. The number of hydrogen-bond acceptors (Lipinski definition) is 3. The van der Waals surface area contributed by atoms with Gasteiger partial charge >= 0.3 is 5.97 Å². The molecule has 0 unspecified atom stereocenters. The number of benzene rings is 2. The number of carbonyl (C=O) groups excluding carboxylic acids is 1. The molecule has 170 valence electrons. The maximum atomic E-state index is 13.2. The largest absolute Gasteiger partial charge is 0.481 e. The highest BCUT2D eigenvalue weighted by Crippen LogP contribution is 2.58. The van der Waals surface area contributed by atoms with Gasteiger partial charge in [-0.1, -0.05) is 54.6 Å². The number of amides is 1. The number of carbonyl (C=O) groups is 2. The van der Waals surface area contributed by atoms with E-state index < -0.39 is 5.97 Å². The van der Waals surface area contributed by atoms with E-state index in [1.54, 1.807) is 0 Å². The lowest BCUT2D eigenvalue weighted by molar-refractivity contribution is -0.155. The van der Waals surface area contributed by atoms with Gasteiger partial charge in [-0.25, -0.2) is 0 Å². The van der Waals surface area contributed by atoms with Crippen molar-refractivity contribution in [2.45, 2.75) is 38.1 Å². The van der Waals surface area contributed by atoms with Gasteiger partial charge < -0.3 is 10.4 Å². The second-order valence-corrected chi connectivity index (χ2v) is 12.9. The zero-order valence-corrected chi connectivity index (χ0v) is 21.8. The van der Waals surface area contributed by atoms with Crippen LogP contribution in [0, 0.1) is 11.3 Å². The first-order valence-electron chi connectivity index (χ1n) is 11.0. The van der Waals surface area contributed by atoms with Crippen molar-refractivity contribution >= 4 is 55.1 Å². The SMILES string of the molecule is O=C(NC1CC2(C1)CC(C(=O)O)C2)c1c(Br)sc(Br)c1Cc1ccc(-c2ccccc2)cc1. The summed E-state index contributed by atoms with van der Waals surface area (Å²) in [7, 11) is 0. The molecule has 0 saturated heterocycles. The standard InChI is InChI=1S/C26H23Br2NO3S/c27-22-20(10-15-6-8-17(9-7-15)16-4-2-1-3-5-16)21(23(28)33-22)24(30)29-19-13-26(14-19)11-18(12-26)25(31)32/h1-9,18-19H,10-14H2,(H,29,30)(H,31,32). The Kier molecular flexibility index (Phi) is 6.23. The van der Waals surface area contributed by atoms with Crippen molar-refractivity contribution in [3.63, 3.8) is 0 Å². The van der Waals surface area contributed by atoms with Crippen LogP contribution in [0.25, 0.3) is 11.1 Å². The van der Waals surface area contributed by atoms with Crippen molar-refractivity contribution in [2.24, 2.45) is 11.3 Å². The van der Waals surface area contributed by atoms with E-state index in [2.05, 4.69) is 73.6 Å². The number of carboxylic acids is 1. The predicted molar refractivity (Wildman–Crippen MR) is 138 cm³/mol. The minimum Gasteiger partial charge on any atom is -0.481 e. The van der Waals surface area contributed by atoms with Gasteiger partial charge in [0.1, 0.15) is 0 Å². The van der Waals surface area contributed by atoms with Crippen LogP contribution in [-0.2, 0) is 11.2 Å². The van der Waals surface area contributed by atoms with Crippen LogP contribution in [0.3, 0.4) is 0 Å². The molecule has 2 aliphatic rings. The number of rotatable bonds is 6. The molecule has 1 amide bonds. The minimum atomic E-state index is -0.693. The third-order valence-corrected chi connectivity index (χ3v) is 9.64. The number of aliphatic carboxylic acids is 1. The Hall–Kier alpha value is -1.96. The molecule has 0 aliphatic heterocycles. The molecule has 1 aromatic heterocycles. The molecule has 4 nitrogen and oxygen atoms in total. The molecule has 33 heavy (non-hydrogen) atoms. The van der Waals surface area contributed by atoms with Gasteiger partial charge in [0.2, 0.25) is 0 Å². The van der Waals surface area contributed by atoms with Crippen molar-refractivity contribution in [3.05, 3.63) is 78.9 Å². The van der Waals surface area contributed by atoms with Crippen LogP contribution < -0.4 is 5.32 Å².